The summed E-state index contributed by atoms with van der Waals surface area (Å²) in [5.41, 5.74) is 2.40. The number of nitrogens with one attached hydrogen (secondary N) is 2. The Kier molecular flexibility index (Phi) is 9.45. The average Bonchev–Trinajstić information content (AvgIpc) is 3.08. The number of hydrogen-bond acceptors (Lipinski definition) is 5. The molecule has 0 radical (unpaired) electrons. The van der Waals surface area contributed by atoms with E-state index in [9.17, 15) is 19.2 Å². The molecule has 0 unspecified atom stereocenters. The minimum absolute atomic E-state index is 0.0313. The Balaban J connectivity index is 1.07. The van der Waals surface area contributed by atoms with Crippen LogP contribution in [0.1, 0.15) is 67.3 Å². The van der Waals surface area contributed by atoms with Gasteiger partial charge >= 0.3 is 6.03 Å². The maximum absolute atomic E-state index is 13.8. The largest absolute Gasteiger partial charge is 0.342 e. The van der Waals surface area contributed by atoms with Crippen molar-refractivity contribution >= 4 is 29.4 Å². The summed E-state index contributed by atoms with van der Waals surface area (Å²) in [7, 11) is 0. The molecule has 0 aromatic heterocycles. The molecule has 3 fully saturated rings. The molecule has 0 aliphatic carbocycles. The highest BCUT2D eigenvalue weighted by Crippen LogP contribution is 2.28. The zero-order chi connectivity index (χ0) is 30.5. The Bertz CT molecular complexity index is 1330. The summed E-state index contributed by atoms with van der Waals surface area (Å²) in [6.45, 7) is 5.10. The van der Waals surface area contributed by atoms with E-state index in [0.717, 1.165) is 37.2 Å². The van der Waals surface area contributed by atoms with Crippen LogP contribution in [0.3, 0.4) is 0 Å². The second kappa shape index (κ2) is 13.8. The third kappa shape index (κ3) is 6.90. The fourth-order valence-corrected chi connectivity index (χ4v) is 7.23. The van der Waals surface area contributed by atoms with Crippen LogP contribution in [0.15, 0.2) is 54.6 Å². The Hall–Kier alpha value is -3.92. The molecule has 1 atom stereocenters. The first-order valence-corrected chi connectivity index (χ1v) is 16.3. The SMILES string of the molecule is O=C(N[C@@H](CC(=O)N1CCC(N2Cc3ccccc3NC2=O)CC1)C(=O)N1CCC(N2CCCCC2)CC1)c1ccccc1. The van der Waals surface area contributed by atoms with Crippen molar-refractivity contribution in [3.63, 3.8) is 0 Å². The van der Waals surface area contributed by atoms with Gasteiger partial charge in [-0.25, -0.2) is 4.79 Å². The highest BCUT2D eigenvalue weighted by molar-refractivity contribution is 5.99. The van der Waals surface area contributed by atoms with Gasteiger partial charge in [0.2, 0.25) is 11.8 Å². The predicted molar refractivity (Wildman–Crippen MR) is 168 cm³/mol. The topological polar surface area (TPSA) is 105 Å². The minimum atomic E-state index is -0.927. The van der Waals surface area contributed by atoms with E-state index in [1.165, 1.54) is 19.3 Å². The van der Waals surface area contributed by atoms with Crippen molar-refractivity contribution in [3.05, 3.63) is 65.7 Å². The van der Waals surface area contributed by atoms with Crippen LogP contribution in [0.2, 0.25) is 0 Å². The summed E-state index contributed by atoms with van der Waals surface area (Å²) in [6, 6.07) is 16.2. The van der Waals surface area contributed by atoms with Crippen LogP contribution in [0.25, 0.3) is 0 Å². The molecular weight excluding hydrogens is 556 g/mol. The molecule has 234 valence electrons. The van der Waals surface area contributed by atoms with E-state index in [1.807, 2.05) is 40.1 Å². The summed E-state index contributed by atoms with van der Waals surface area (Å²) < 4.78 is 0. The van der Waals surface area contributed by atoms with Gasteiger partial charge in [-0.2, -0.15) is 0 Å². The summed E-state index contributed by atoms with van der Waals surface area (Å²) >= 11 is 0. The highest BCUT2D eigenvalue weighted by Gasteiger charge is 2.36. The second-order valence-corrected chi connectivity index (χ2v) is 12.6. The number of para-hydroxylation sites is 1. The Morgan fingerprint density at radius 3 is 2.14 bits per heavy atom. The number of nitrogens with zero attached hydrogens (tertiary/aromatic N) is 4. The number of anilines is 1. The number of carbonyl (C=O) groups is 4. The lowest BCUT2D eigenvalue weighted by Crippen LogP contribution is -2.55. The van der Waals surface area contributed by atoms with Gasteiger partial charge in [-0.3, -0.25) is 14.4 Å². The number of urea groups is 1. The Morgan fingerprint density at radius 2 is 1.41 bits per heavy atom. The van der Waals surface area contributed by atoms with Gasteiger partial charge in [0.1, 0.15) is 6.04 Å². The number of amides is 5. The molecule has 44 heavy (non-hydrogen) atoms. The van der Waals surface area contributed by atoms with Crippen molar-refractivity contribution in [1.82, 2.24) is 24.9 Å². The molecule has 10 heteroatoms. The predicted octanol–water partition coefficient (Wildman–Crippen LogP) is 3.69. The van der Waals surface area contributed by atoms with E-state index in [1.54, 1.807) is 29.2 Å². The lowest BCUT2D eigenvalue weighted by atomic mass is 9.98. The Morgan fingerprint density at radius 1 is 0.773 bits per heavy atom. The molecule has 0 bridgehead atoms. The molecule has 0 spiro atoms. The number of rotatable bonds is 7. The Labute approximate surface area is 259 Å². The van der Waals surface area contributed by atoms with Crippen molar-refractivity contribution < 1.29 is 19.2 Å². The molecule has 4 aliphatic heterocycles. The van der Waals surface area contributed by atoms with Crippen molar-refractivity contribution in [2.24, 2.45) is 0 Å². The first-order valence-electron chi connectivity index (χ1n) is 16.3. The van der Waals surface area contributed by atoms with Crippen LogP contribution < -0.4 is 10.6 Å². The zero-order valence-corrected chi connectivity index (χ0v) is 25.5. The van der Waals surface area contributed by atoms with Crippen molar-refractivity contribution in [2.45, 2.75) is 76.0 Å². The number of fused-ring (bicyclic) bond motifs is 1. The summed E-state index contributed by atoms with van der Waals surface area (Å²) in [6.07, 6.45) is 6.87. The summed E-state index contributed by atoms with van der Waals surface area (Å²) in [4.78, 5) is 61.4. The maximum Gasteiger partial charge on any atom is 0.322 e. The van der Waals surface area contributed by atoms with Crippen molar-refractivity contribution in [2.75, 3.05) is 44.6 Å². The monoisotopic (exact) mass is 600 g/mol. The number of hydrogen-bond donors (Lipinski definition) is 2. The van der Waals surface area contributed by atoms with Gasteiger partial charge < -0.3 is 30.2 Å². The van der Waals surface area contributed by atoms with Crippen LogP contribution in [-0.2, 0) is 16.1 Å². The first-order chi connectivity index (χ1) is 21.5. The van der Waals surface area contributed by atoms with Crippen LogP contribution in [0.5, 0.6) is 0 Å². The molecule has 3 saturated heterocycles. The molecule has 4 aliphatic rings. The van der Waals surface area contributed by atoms with Gasteiger partial charge in [0.15, 0.2) is 0 Å². The normalized spacial score (nSPS) is 20.9. The molecular formula is C34H44N6O4. The molecule has 5 amide bonds. The van der Waals surface area contributed by atoms with Gasteiger partial charge in [-0.05, 0) is 75.4 Å². The fraction of sp³-hybridized carbons (Fsp3) is 0.529. The standard InChI is InChI=1S/C34H44N6O4/c41-31(38-19-15-28(16-20-38)40-24-26-11-5-6-12-29(26)36-34(40)44)23-30(35-32(42)25-9-3-1-4-10-25)33(43)39-21-13-27(14-22-39)37-17-7-2-8-18-37/h1,3-6,9-12,27-28,30H,2,7-8,13-24H2,(H,35,42)(H,36,44)/t30-/m0/s1. The molecule has 0 saturated carbocycles. The summed E-state index contributed by atoms with van der Waals surface area (Å²) in [5, 5.41) is 5.89. The molecule has 2 N–H and O–H groups in total. The molecule has 6 rings (SSSR count). The molecule has 2 aromatic rings. The third-order valence-electron chi connectivity index (χ3n) is 9.82. The van der Waals surface area contributed by atoms with Gasteiger partial charge in [0, 0.05) is 56.1 Å². The van der Waals surface area contributed by atoms with Gasteiger partial charge in [-0.1, -0.05) is 42.8 Å². The summed E-state index contributed by atoms with van der Waals surface area (Å²) in [5.74, 6) is -0.680. The number of likely N-dealkylation sites (tertiary alicyclic amines) is 3. The van der Waals surface area contributed by atoms with Crippen LogP contribution in [-0.4, -0.2) is 101 Å². The molecule has 10 nitrogen and oxygen atoms in total. The van der Waals surface area contributed by atoms with Gasteiger partial charge in [0.05, 0.1) is 6.42 Å². The van der Waals surface area contributed by atoms with Crippen LogP contribution in [0, 0.1) is 0 Å². The minimum Gasteiger partial charge on any atom is -0.342 e. The number of benzene rings is 2. The van der Waals surface area contributed by atoms with Crippen LogP contribution in [0.4, 0.5) is 10.5 Å². The smallest absolute Gasteiger partial charge is 0.322 e. The van der Waals surface area contributed by atoms with E-state index < -0.39 is 6.04 Å². The van der Waals surface area contributed by atoms with Crippen molar-refractivity contribution in [1.29, 1.82) is 0 Å². The van der Waals surface area contributed by atoms with E-state index in [2.05, 4.69) is 15.5 Å². The van der Waals surface area contributed by atoms with E-state index in [-0.39, 0.29) is 36.2 Å². The first kappa shape index (κ1) is 30.1. The molecule has 4 heterocycles. The quantitative estimate of drug-likeness (QED) is 0.505. The van der Waals surface area contributed by atoms with Gasteiger partial charge in [0.25, 0.3) is 5.91 Å². The van der Waals surface area contributed by atoms with E-state index in [0.29, 0.717) is 57.2 Å². The zero-order valence-electron chi connectivity index (χ0n) is 25.5. The lowest BCUT2D eigenvalue weighted by Gasteiger charge is -2.41. The van der Waals surface area contributed by atoms with E-state index in [4.69, 9.17) is 0 Å². The second-order valence-electron chi connectivity index (χ2n) is 12.6. The lowest BCUT2D eigenvalue weighted by molar-refractivity contribution is -0.140. The molecule has 2 aromatic carbocycles. The highest BCUT2D eigenvalue weighted by atomic mass is 16.2. The average molecular weight is 601 g/mol. The van der Waals surface area contributed by atoms with Crippen LogP contribution >= 0.6 is 0 Å². The maximum atomic E-state index is 13.8. The van der Waals surface area contributed by atoms with Gasteiger partial charge in [-0.15, -0.1) is 0 Å². The third-order valence-corrected chi connectivity index (χ3v) is 9.82. The fourth-order valence-electron chi connectivity index (χ4n) is 7.23. The van der Waals surface area contributed by atoms with Crippen molar-refractivity contribution in [3.8, 4) is 0 Å². The van der Waals surface area contributed by atoms with E-state index >= 15 is 0 Å². The number of piperidine rings is 3. The number of carbonyl (C=O) groups excluding carboxylic acids is 4.